The van der Waals surface area contributed by atoms with E-state index >= 15 is 0 Å². The molecule has 3 heteroatoms. The van der Waals surface area contributed by atoms with Crippen LogP contribution in [0, 0.1) is 6.92 Å². The maximum absolute atomic E-state index is 12.3. The molecule has 0 radical (unpaired) electrons. The summed E-state index contributed by atoms with van der Waals surface area (Å²) in [5.74, 6) is -0.0708. The number of anilines is 1. The molecule has 0 unspecified atom stereocenters. The van der Waals surface area contributed by atoms with Gasteiger partial charge in [0.25, 0.3) is 5.91 Å². The first kappa shape index (κ1) is 13.4. The van der Waals surface area contributed by atoms with E-state index in [4.69, 9.17) is 0 Å². The summed E-state index contributed by atoms with van der Waals surface area (Å²) in [6, 6.07) is 12.0. The number of hydrogen-bond acceptors (Lipinski definition) is 1. The Morgan fingerprint density at radius 2 is 1.90 bits per heavy atom. The SMILES string of the molecule is Cc1ccc(Br)c(C(=O)Nc2ccc3c(c2)CCC3)c1. The number of nitrogens with one attached hydrogen (secondary N) is 1. The maximum atomic E-state index is 12.3. The number of rotatable bonds is 2. The molecule has 0 bridgehead atoms. The Balaban J connectivity index is 1.84. The number of amides is 1. The summed E-state index contributed by atoms with van der Waals surface area (Å²) in [5.41, 5.74) is 5.41. The Hall–Kier alpha value is -1.61. The van der Waals surface area contributed by atoms with Gasteiger partial charge in [-0.25, -0.2) is 0 Å². The zero-order valence-corrected chi connectivity index (χ0v) is 13.0. The summed E-state index contributed by atoms with van der Waals surface area (Å²) < 4.78 is 0.821. The van der Waals surface area contributed by atoms with Crippen LogP contribution in [0.3, 0.4) is 0 Å². The fourth-order valence-corrected chi connectivity index (χ4v) is 3.09. The molecule has 1 amide bonds. The lowest BCUT2D eigenvalue weighted by molar-refractivity contribution is 0.102. The van der Waals surface area contributed by atoms with Crippen molar-refractivity contribution in [2.24, 2.45) is 0 Å². The van der Waals surface area contributed by atoms with Crippen molar-refractivity contribution >= 4 is 27.5 Å². The molecule has 1 aliphatic carbocycles. The standard InChI is InChI=1S/C17H16BrNO/c1-11-5-8-16(18)15(9-11)17(20)19-14-7-6-12-3-2-4-13(12)10-14/h5-10H,2-4H2,1H3,(H,19,20). The van der Waals surface area contributed by atoms with Crippen LogP contribution < -0.4 is 5.32 Å². The highest BCUT2D eigenvalue weighted by molar-refractivity contribution is 9.10. The molecule has 0 saturated heterocycles. The number of fused-ring (bicyclic) bond motifs is 1. The molecule has 2 aromatic carbocycles. The van der Waals surface area contributed by atoms with E-state index in [0.717, 1.165) is 28.6 Å². The van der Waals surface area contributed by atoms with Crippen molar-refractivity contribution in [2.45, 2.75) is 26.2 Å². The summed E-state index contributed by atoms with van der Waals surface area (Å²) in [5, 5.41) is 2.99. The van der Waals surface area contributed by atoms with E-state index in [1.165, 1.54) is 17.5 Å². The van der Waals surface area contributed by atoms with Gasteiger partial charge in [0.2, 0.25) is 0 Å². The number of carbonyl (C=O) groups excluding carboxylic acids is 1. The Kier molecular flexibility index (Phi) is 3.62. The van der Waals surface area contributed by atoms with Crippen LogP contribution in [-0.2, 0) is 12.8 Å². The number of aryl methyl sites for hydroxylation is 3. The molecule has 102 valence electrons. The van der Waals surface area contributed by atoms with Gasteiger partial charge in [-0.05, 0) is 77.5 Å². The third-order valence-corrected chi connectivity index (χ3v) is 4.41. The fraction of sp³-hybridized carbons (Fsp3) is 0.235. The number of carbonyl (C=O) groups is 1. The first-order valence-electron chi connectivity index (χ1n) is 6.83. The third-order valence-electron chi connectivity index (χ3n) is 3.72. The molecule has 1 aliphatic rings. The predicted octanol–water partition coefficient (Wildman–Crippen LogP) is 4.50. The topological polar surface area (TPSA) is 29.1 Å². The molecule has 0 heterocycles. The van der Waals surface area contributed by atoms with Crippen LogP contribution in [0.5, 0.6) is 0 Å². The Morgan fingerprint density at radius 1 is 1.10 bits per heavy atom. The van der Waals surface area contributed by atoms with Gasteiger partial charge in [-0.3, -0.25) is 4.79 Å². The quantitative estimate of drug-likeness (QED) is 0.863. The normalized spacial score (nSPS) is 13.1. The number of benzene rings is 2. The largest absolute Gasteiger partial charge is 0.322 e. The minimum atomic E-state index is -0.0708. The van der Waals surface area contributed by atoms with Crippen molar-refractivity contribution in [1.29, 1.82) is 0 Å². The molecule has 0 atom stereocenters. The molecule has 3 rings (SSSR count). The molecular weight excluding hydrogens is 314 g/mol. The fourth-order valence-electron chi connectivity index (χ4n) is 2.66. The van der Waals surface area contributed by atoms with Gasteiger partial charge in [0.1, 0.15) is 0 Å². The molecule has 0 aliphatic heterocycles. The molecule has 0 saturated carbocycles. The summed E-state index contributed by atoms with van der Waals surface area (Å²) in [6.45, 7) is 1.98. The first-order valence-corrected chi connectivity index (χ1v) is 7.62. The van der Waals surface area contributed by atoms with Gasteiger partial charge in [-0.1, -0.05) is 17.7 Å². The highest BCUT2D eigenvalue weighted by atomic mass is 79.9. The molecule has 2 aromatic rings. The lowest BCUT2D eigenvalue weighted by Gasteiger charge is -2.09. The zero-order chi connectivity index (χ0) is 14.1. The predicted molar refractivity (Wildman–Crippen MR) is 85.3 cm³/mol. The summed E-state index contributed by atoms with van der Waals surface area (Å²) >= 11 is 3.43. The molecule has 20 heavy (non-hydrogen) atoms. The minimum Gasteiger partial charge on any atom is -0.322 e. The van der Waals surface area contributed by atoms with Gasteiger partial charge < -0.3 is 5.32 Å². The number of hydrogen-bond donors (Lipinski definition) is 1. The summed E-state index contributed by atoms with van der Waals surface area (Å²) in [7, 11) is 0. The average molecular weight is 330 g/mol. The van der Waals surface area contributed by atoms with Crippen LogP contribution in [0.4, 0.5) is 5.69 Å². The first-order chi connectivity index (χ1) is 9.63. The molecule has 0 spiro atoms. The highest BCUT2D eigenvalue weighted by Crippen LogP contribution is 2.26. The second-order valence-corrected chi connectivity index (χ2v) is 6.13. The second-order valence-electron chi connectivity index (χ2n) is 5.27. The Bertz CT molecular complexity index is 679. The van der Waals surface area contributed by atoms with E-state index in [1.54, 1.807) is 0 Å². The van der Waals surface area contributed by atoms with Crippen LogP contribution in [0.25, 0.3) is 0 Å². The van der Waals surface area contributed by atoms with Crippen molar-refractivity contribution in [3.63, 3.8) is 0 Å². The monoisotopic (exact) mass is 329 g/mol. The van der Waals surface area contributed by atoms with Crippen LogP contribution in [0.15, 0.2) is 40.9 Å². The van der Waals surface area contributed by atoms with E-state index in [-0.39, 0.29) is 5.91 Å². The van der Waals surface area contributed by atoms with Crippen molar-refractivity contribution in [1.82, 2.24) is 0 Å². The summed E-state index contributed by atoms with van der Waals surface area (Å²) in [4.78, 5) is 12.3. The van der Waals surface area contributed by atoms with Crippen LogP contribution in [0.1, 0.15) is 33.5 Å². The van der Waals surface area contributed by atoms with Gasteiger partial charge in [0.15, 0.2) is 0 Å². The third kappa shape index (κ3) is 2.63. The Morgan fingerprint density at radius 3 is 2.75 bits per heavy atom. The highest BCUT2D eigenvalue weighted by Gasteiger charge is 2.14. The Labute approximate surface area is 127 Å². The molecular formula is C17H16BrNO. The van der Waals surface area contributed by atoms with Gasteiger partial charge in [-0.15, -0.1) is 0 Å². The van der Waals surface area contributed by atoms with Crippen molar-refractivity contribution < 1.29 is 4.79 Å². The van der Waals surface area contributed by atoms with E-state index in [1.807, 2.05) is 31.2 Å². The lowest BCUT2D eigenvalue weighted by atomic mass is 10.1. The smallest absolute Gasteiger partial charge is 0.256 e. The zero-order valence-electron chi connectivity index (χ0n) is 11.4. The van der Waals surface area contributed by atoms with E-state index < -0.39 is 0 Å². The molecule has 1 N–H and O–H groups in total. The molecule has 2 nitrogen and oxygen atoms in total. The van der Waals surface area contributed by atoms with Crippen LogP contribution >= 0.6 is 15.9 Å². The van der Waals surface area contributed by atoms with Crippen molar-refractivity contribution in [3.05, 3.63) is 63.1 Å². The van der Waals surface area contributed by atoms with Crippen molar-refractivity contribution in [3.8, 4) is 0 Å². The van der Waals surface area contributed by atoms with Gasteiger partial charge in [0.05, 0.1) is 5.56 Å². The van der Waals surface area contributed by atoms with Gasteiger partial charge in [-0.2, -0.15) is 0 Å². The van der Waals surface area contributed by atoms with Crippen LogP contribution in [-0.4, -0.2) is 5.91 Å². The van der Waals surface area contributed by atoms with Crippen LogP contribution in [0.2, 0.25) is 0 Å². The average Bonchev–Trinajstić information content (AvgIpc) is 2.89. The van der Waals surface area contributed by atoms with Gasteiger partial charge >= 0.3 is 0 Å². The summed E-state index contributed by atoms with van der Waals surface area (Å²) in [6.07, 6.45) is 3.50. The molecule has 0 aromatic heterocycles. The lowest BCUT2D eigenvalue weighted by Crippen LogP contribution is -2.13. The molecule has 0 fully saturated rings. The minimum absolute atomic E-state index is 0.0708. The van der Waals surface area contributed by atoms with Gasteiger partial charge in [0, 0.05) is 10.2 Å². The maximum Gasteiger partial charge on any atom is 0.256 e. The van der Waals surface area contributed by atoms with E-state index in [0.29, 0.717) is 5.56 Å². The van der Waals surface area contributed by atoms with Crippen molar-refractivity contribution in [2.75, 3.05) is 5.32 Å². The second kappa shape index (κ2) is 5.41. The van der Waals surface area contributed by atoms with E-state index in [2.05, 4.69) is 33.4 Å². The van der Waals surface area contributed by atoms with E-state index in [9.17, 15) is 4.79 Å². The number of halogens is 1.